The molecule has 1 aromatic rings. The zero-order valence-electron chi connectivity index (χ0n) is 9.45. The predicted octanol–water partition coefficient (Wildman–Crippen LogP) is 2.58. The van der Waals surface area contributed by atoms with Crippen LogP contribution < -0.4 is 5.32 Å². The fraction of sp³-hybridized carbons (Fsp3) is 0.308. The second-order valence-corrected chi connectivity index (χ2v) is 3.70. The fourth-order valence-corrected chi connectivity index (χ4v) is 1.94. The minimum Gasteiger partial charge on any atom is -0.479 e. The predicted molar refractivity (Wildman–Crippen MR) is 62.2 cm³/mol. The summed E-state index contributed by atoms with van der Waals surface area (Å²) in [5, 5.41) is 12.4. The van der Waals surface area contributed by atoms with Gasteiger partial charge in [0.2, 0.25) is 5.88 Å². The van der Waals surface area contributed by atoms with Gasteiger partial charge in [0.25, 0.3) is 0 Å². The Kier molecular flexibility index (Phi) is 2.82. The van der Waals surface area contributed by atoms with Crippen molar-refractivity contribution in [3.63, 3.8) is 0 Å². The van der Waals surface area contributed by atoms with Crippen LogP contribution in [0.1, 0.15) is 31.0 Å². The minimum absolute atomic E-state index is 0.176. The molecule has 1 atom stereocenters. The van der Waals surface area contributed by atoms with Crippen molar-refractivity contribution in [3.8, 4) is 6.07 Å². The smallest absolute Gasteiger partial charge is 0.206 e. The Labute approximate surface area is 95.3 Å². The first-order valence-electron chi connectivity index (χ1n) is 5.41. The molecule has 0 fully saturated rings. The van der Waals surface area contributed by atoms with Crippen molar-refractivity contribution in [1.29, 1.82) is 5.26 Å². The maximum atomic E-state index is 9.19. The Morgan fingerprint density at radius 2 is 2.19 bits per heavy atom. The second-order valence-electron chi connectivity index (χ2n) is 3.70. The van der Waals surface area contributed by atoms with Crippen molar-refractivity contribution in [2.24, 2.45) is 0 Å². The molecule has 1 heterocycles. The van der Waals surface area contributed by atoms with Crippen molar-refractivity contribution in [3.05, 3.63) is 41.3 Å². The summed E-state index contributed by atoms with van der Waals surface area (Å²) in [5.41, 5.74) is 2.71. The molecule has 1 N–H and O–H groups in total. The molecule has 0 bridgehead atoms. The van der Waals surface area contributed by atoms with E-state index < -0.39 is 0 Å². The number of ether oxygens (including phenoxy) is 1. The molecule has 0 saturated heterocycles. The summed E-state index contributed by atoms with van der Waals surface area (Å²) in [6.07, 6.45) is 0. The minimum atomic E-state index is 0.176. The van der Waals surface area contributed by atoms with E-state index in [-0.39, 0.29) is 6.04 Å². The van der Waals surface area contributed by atoms with Gasteiger partial charge in [-0.05, 0) is 19.4 Å². The molecule has 1 unspecified atom stereocenters. The number of nitrogens with one attached hydrogen (secondary N) is 1. The molecule has 0 aromatic heterocycles. The van der Waals surface area contributed by atoms with Crippen LogP contribution in [-0.2, 0) is 4.74 Å². The normalized spacial score (nSPS) is 18.4. The molecule has 3 nitrogen and oxygen atoms in total. The first-order valence-corrected chi connectivity index (χ1v) is 5.41. The van der Waals surface area contributed by atoms with Gasteiger partial charge < -0.3 is 10.1 Å². The van der Waals surface area contributed by atoms with E-state index in [1.807, 2.05) is 31.2 Å². The quantitative estimate of drug-likeness (QED) is 0.823. The average Bonchev–Trinajstić information content (AvgIpc) is 2.30. The molecule has 16 heavy (non-hydrogen) atoms. The van der Waals surface area contributed by atoms with Gasteiger partial charge in [-0.25, -0.2) is 0 Å². The Morgan fingerprint density at radius 3 is 2.88 bits per heavy atom. The summed E-state index contributed by atoms with van der Waals surface area (Å²) < 4.78 is 5.46. The lowest BCUT2D eigenvalue weighted by atomic mass is 9.93. The molecule has 1 aliphatic heterocycles. The highest BCUT2D eigenvalue weighted by atomic mass is 16.5. The second kappa shape index (κ2) is 4.28. The van der Waals surface area contributed by atoms with Gasteiger partial charge in [0.15, 0.2) is 0 Å². The number of benzene rings is 1. The highest BCUT2D eigenvalue weighted by Gasteiger charge is 2.23. The molecule has 0 spiro atoms. The average molecular weight is 214 g/mol. The third-order valence-corrected chi connectivity index (χ3v) is 2.67. The Morgan fingerprint density at radius 1 is 1.44 bits per heavy atom. The molecular weight excluding hydrogens is 200 g/mol. The van der Waals surface area contributed by atoms with Crippen molar-refractivity contribution < 1.29 is 4.74 Å². The fourth-order valence-electron chi connectivity index (χ4n) is 1.94. The molecule has 0 radical (unpaired) electrons. The third kappa shape index (κ3) is 1.63. The van der Waals surface area contributed by atoms with Gasteiger partial charge in [-0.15, -0.1) is 0 Å². The highest BCUT2D eigenvalue weighted by Crippen LogP contribution is 2.31. The monoisotopic (exact) mass is 214 g/mol. The molecule has 2 rings (SSSR count). The summed E-state index contributed by atoms with van der Waals surface area (Å²) in [6, 6.07) is 10.3. The van der Waals surface area contributed by atoms with Crippen molar-refractivity contribution in [2.75, 3.05) is 6.61 Å². The summed E-state index contributed by atoms with van der Waals surface area (Å²) in [7, 11) is 0. The van der Waals surface area contributed by atoms with Crippen LogP contribution in [0.25, 0.3) is 5.57 Å². The van der Waals surface area contributed by atoms with Crippen LogP contribution >= 0.6 is 0 Å². The summed E-state index contributed by atoms with van der Waals surface area (Å²) in [5.74, 6) is 0.594. The van der Waals surface area contributed by atoms with Gasteiger partial charge in [-0.1, -0.05) is 24.3 Å². The van der Waals surface area contributed by atoms with Crippen LogP contribution in [0.5, 0.6) is 0 Å². The van der Waals surface area contributed by atoms with Crippen molar-refractivity contribution >= 4 is 5.57 Å². The lowest BCUT2D eigenvalue weighted by molar-refractivity contribution is 0.199. The van der Waals surface area contributed by atoms with E-state index in [0.29, 0.717) is 18.1 Å². The standard InChI is InChI=1S/C13H14N2O/c1-3-16-13-12(8-14)11-7-5-4-6-10(11)9(2)15-13/h4-7,9,15H,3H2,1-2H3. The van der Waals surface area contributed by atoms with Gasteiger partial charge in [0.05, 0.1) is 12.6 Å². The maximum Gasteiger partial charge on any atom is 0.206 e. The van der Waals surface area contributed by atoms with E-state index in [0.717, 1.165) is 11.1 Å². The van der Waals surface area contributed by atoms with Crippen LogP contribution in [0.3, 0.4) is 0 Å². The molecule has 3 heteroatoms. The summed E-state index contributed by atoms with van der Waals surface area (Å²) in [6.45, 7) is 4.53. The van der Waals surface area contributed by atoms with E-state index >= 15 is 0 Å². The van der Waals surface area contributed by atoms with Gasteiger partial charge in [-0.2, -0.15) is 5.26 Å². The number of fused-ring (bicyclic) bond motifs is 1. The van der Waals surface area contributed by atoms with Crippen LogP contribution in [0.15, 0.2) is 30.1 Å². The number of nitrogens with zero attached hydrogens (tertiary/aromatic N) is 1. The third-order valence-electron chi connectivity index (χ3n) is 2.67. The molecular formula is C13H14N2O. The van der Waals surface area contributed by atoms with Crippen molar-refractivity contribution in [1.82, 2.24) is 5.32 Å². The van der Waals surface area contributed by atoms with Crippen molar-refractivity contribution in [2.45, 2.75) is 19.9 Å². The molecule has 0 saturated carbocycles. The number of hydrogen-bond acceptors (Lipinski definition) is 3. The highest BCUT2D eigenvalue weighted by molar-refractivity contribution is 5.81. The summed E-state index contributed by atoms with van der Waals surface area (Å²) >= 11 is 0. The lowest BCUT2D eigenvalue weighted by Gasteiger charge is -2.26. The van der Waals surface area contributed by atoms with Crippen LogP contribution in [0.2, 0.25) is 0 Å². The van der Waals surface area contributed by atoms with Gasteiger partial charge in [0, 0.05) is 5.56 Å². The first kappa shape index (κ1) is 10.6. The zero-order valence-corrected chi connectivity index (χ0v) is 9.45. The van der Waals surface area contributed by atoms with E-state index in [4.69, 9.17) is 4.74 Å². The maximum absolute atomic E-state index is 9.19. The zero-order chi connectivity index (χ0) is 11.5. The van der Waals surface area contributed by atoms with Crippen LogP contribution in [0.4, 0.5) is 0 Å². The lowest BCUT2D eigenvalue weighted by Crippen LogP contribution is -2.26. The topological polar surface area (TPSA) is 45.0 Å². The molecule has 0 aliphatic carbocycles. The molecule has 1 aliphatic rings. The molecule has 0 amide bonds. The largest absolute Gasteiger partial charge is 0.479 e. The number of rotatable bonds is 2. The van der Waals surface area contributed by atoms with Gasteiger partial charge in [0.1, 0.15) is 11.6 Å². The summed E-state index contributed by atoms with van der Waals surface area (Å²) in [4.78, 5) is 0. The number of nitriles is 1. The van der Waals surface area contributed by atoms with E-state index in [1.54, 1.807) is 0 Å². The van der Waals surface area contributed by atoms with Crippen LogP contribution in [-0.4, -0.2) is 6.61 Å². The van der Waals surface area contributed by atoms with E-state index in [2.05, 4.69) is 18.3 Å². The number of hydrogen-bond donors (Lipinski definition) is 1. The molecule has 82 valence electrons. The Bertz CT molecular complexity index is 471. The number of allylic oxidation sites excluding steroid dienone is 1. The first-order chi connectivity index (χ1) is 7.77. The Balaban J connectivity index is 2.55. The van der Waals surface area contributed by atoms with E-state index in [9.17, 15) is 5.26 Å². The Hall–Kier alpha value is -1.95. The molecule has 1 aromatic carbocycles. The SMILES string of the molecule is CCOC1=C(C#N)c2ccccc2C(C)N1. The van der Waals surface area contributed by atoms with Gasteiger partial charge >= 0.3 is 0 Å². The van der Waals surface area contributed by atoms with E-state index in [1.165, 1.54) is 0 Å². The van der Waals surface area contributed by atoms with Gasteiger partial charge in [-0.3, -0.25) is 0 Å². The van der Waals surface area contributed by atoms with Crippen LogP contribution in [0, 0.1) is 11.3 Å².